The first-order chi connectivity index (χ1) is 6.96. The van der Waals surface area contributed by atoms with Gasteiger partial charge in [-0.1, -0.05) is 31.5 Å². The van der Waals surface area contributed by atoms with E-state index in [9.17, 15) is 9.59 Å². The third kappa shape index (κ3) is 3.72. The molecule has 0 N–H and O–H groups in total. The van der Waals surface area contributed by atoms with E-state index in [0.717, 1.165) is 31.0 Å². The topological polar surface area (TPSA) is 37.4 Å². The quantitative estimate of drug-likeness (QED) is 0.699. The van der Waals surface area contributed by atoms with Crippen molar-refractivity contribution >= 4 is 34.9 Å². The summed E-state index contributed by atoms with van der Waals surface area (Å²) in [5, 5.41) is -0.116. The van der Waals surface area contributed by atoms with E-state index in [1.165, 1.54) is 16.3 Å². The Kier molecular flexibility index (Phi) is 4.52. The molecule has 0 aromatic rings. The lowest BCUT2D eigenvalue weighted by Gasteiger charge is -2.27. The summed E-state index contributed by atoms with van der Waals surface area (Å²) in [7, 11) is 0. The van der Waals surface area contributed by atoms with Gasteiger partial charge in [0, 0.05) is 4.75 Å². The Hall–Kier alpha value is -0.160. The molecule has 0 aromatic carbocycles. The van der Waals surface area contributed by atoms with Crippen molar-refractivity contribution in [3.8, 4) is 0 Å². The van der Waals surface area contributed by atoms with Crippen LogP contribution >= 0.6 is 23.7 Å². The second-order valence-electron chi connectivity index (χ2n) is 4.20. The van der Waals surface area contributed by atoms with Gasteiger partial charge in [-0.25, -0.2) is 4.31 Å². The molecule has 0 spiro atoms. The molecule has 1 heterocycles. The van der Waals surface area contributed by atoms with Crippen LogP contribution in [0.5, 0.6) is 0 Å². The molecule has 15 heavy (non-hydrogen) atoms. The van der Waals surface area contributed by atoms with E-state index in [4.69, 9.17) is 0 Å². The first-order valence-electron chi connectivity index (χ1n) is 5.15. The van der Waals surface area contributed by atoms with Crippen molar-refractivity contribution in [2.45, 2.75) is 44.8 Å². The van der Waals surface area contributed by atoms with Crippen LogP contribution in [0.2, 0.25) is 0 Å². The molecule has 1 aliphatic rings. The van der Waals surface area contributed by atoms with Crippen LogP contribution in [-0.4, -0.2) is 26.0 Å². The van der Waals surface area contributed by atoms with E-state index in [1.54, 1.807) is 0 Å². The number of carbonyl (C=O) groups excluding carboxylic acids is 2. The third-order valence-electron chi connectivity index (χ3n) is 2.18. The van der Waals surface area contributed by atoms with Gasteiger partial charge in [-0.2, -0.15) is 0 Å². The van der Waals surface area contributed by atoms with Crippen molar-refractivity contribution in [3.05, 3.63) is 0 Å². The van der Waals surface area contributed by atoms with Crippen LogP contribution in [-0.2, 0) is 4.79 Å². The summed E-state index contributed by atoms with van der Waals surface area (Å²) in [5.41, 5.74) is 0. The molecule has 1 aliphatic heterocycles. The van der Waals surface area contributed by atoms with Gasteiger partial charge in [-0.3, -0.25) is 9.59 Å². The molecule has 0 aromatic heterocycles. The Bertz CT molecular complexity index is 250. The molecule has 2 amide bonds. The summed E-state index contributed by atoms with van der Waals surface area (Å²) in [4.78, 5) is 22.8. The highest BCUT2D eigenvalue weighted by Gasteiger charge is 2.35. The van der Waals surface area contributed by atoms with E-state index in [2.05, 4.69) is 20.8 Å². The largest absolute Gasteiger partial charge is 0.299 e. The molecule has 0 atom stereocenters. The normalized spacial score (nSPS) is 17.7. The number of hydrogen-bond acceptors (Lipinski definition) is 4. The minimum absolute atomic E-state index is 0.0355. The Morgan fingerprint density at radius 3 is 2.60 bits per heavy atom. The van der Waals surface area contributed by atoms with Crippen molar-refractivity contribution in [2.24, 2.45) is 0 Å². The number of unbranched alkanes of at least 4 members (excludes halogenated alkanes) is 1. The number of nitrogens with zero attached hydrogens (tertiary/aromatic N) is 1. The van der Waals surface area contributed by atoms with Crippen molar-refractivity contribution < 1.29 is 9.59 Å². The van der Waals surface area contributed by atoms with Gasteiger partial charge in [0.25, 0.3) is 11.1 Å². The van der Waals surface area contributed by atoms with Crippen molar-refractivity contribution in [1.29, 1.82) is 0 Å². The van der Waals surface area contributed by atoms with E-state index in [0.29, 0.717) is 5.75 Å². The number of amides is 2. The second kappa shape index (κ2) is 5.25. The highest BCUT2D eigenvalue weighted by Crippen LogP contribution is 2.37. The molecule has 1 rings (SSSR count). The van der Waals surface area contributed by atoms with Gasteiger partial charge in [0.1, 0.15) is 0 Å². The number of carbonyl (C=O) groups is 2. The van der Waals surface area contributed by atoms with Crippen LogP contribution in [0, 0.1) is 0 Å². The summed E-state index contributed by atoms with van der Waals surface area (Å²) < 4.78 is 1.28. The Morgan fingerprint density at radius 1 is 1.47 bits per heavy atom. The predicted octanol–water partition coefficient (Wildman–Crippen LogP) is 3.30. The molecule has 1 fully saturated rings. The summed E-state index contributed by atoms with van der Waals surface area (Å²) in [6.45, 7) is 6.30. The number of hydrogen-bond donors (Lipinski definition) is 0. The average Bonchev–Trinajstić information content (AvgIpc) is 2.46. The minimum atomic E-state index is -0.116. The smallest absolute Gasteiger partial charge is 0.272 e. The maximum atomic E-state index is 11.4. The van der Waals surface area contributed by atoms with Crippen LogP contribution < -0.4 is 0 Å². The number of imide groups is 1. The van der Waals surface area contributed by atoms with Gasteiger partial charge >= 0.3 is 0 Å². The molecule has 0 bridgehead atoms. The molecule has 0 unspecified atom stereocenters. The summed E-state index contributed by atoms with van der Waals surface area (Å²) in [6, 6.07) is 0. The van der Waals surface area contributed by atoms with Crippen molar-refractivity contribution in [1.82, 2.24) is 4.31 Å². The SMILES string of the molecule is CCCCC(C)(C)SN1C(=O)CSC1=O. The number of rotatable bonds is 5. The monoisotopic (exact) mass is 247 g/mol. The fraction of sp³-hybridized carbons (Fsp3) is 0.800. The zero-order valence-corrected chi connectivity index (χ0v) is 11.0. The Labute approximate surface area is 99.5 Å². The van der Waals surface area contributed by atoms with Crippen LogP contribution in [0.3, 0.4) is 0 Å². The molecule has 0 aliphatic carbocycles. The lowest BCUT2D eigenvalue weighted by atomic mass is 10.1. The molecule has 0 radical (unpaired) electrons. The van der Waals surface area contributed by atoms with Crippen LogP contribution in [0.1, 0.15) is 40.0 Å². The average molecular weight is 247 g/mol. The fourth-order valence-corrected chi connectivity index (χ4v) is 3.24. The maximum Gasteiger partial charge on any atom is 0.299 e. The zero-order valence-electron chi connectivity index (χ0n) is 9.41. The molecular weight excluding hydrogens is 230 g/mol. The number of thioether (sulfide) groups is 1. The first-order valence-corrected chi connectivity index (χ1v) is 6.91. The van der Waals surface area contributed by atoms with Gasteiger partial charge in [-0.15, -0.1) is 0 Å². The zero-order chi connectivity index (χ0) is 11.5. The van der Waals surface area contributed by atoms with E-state index < -0.39 is 0 Å². The summed E-state index contributed by atoms with van der Waals surface area (Å²) >= 11 is 2.47. The Morgan fingerprint density at radius 2 is 2.13 bits per heavy atom. The van der Waals surface area contributed by atoms with Crippen LogP contribution in [0.25, 0.3) is 0 Å². The van der Waals surface area contributed by atoms with Crippen molar-refractivity contribution in [2.75, 3.05) is 5.75 Å². The molecule has 5 heteroatoms. The molecule has 86 valence electrons. The lowest BCUT2D eigenvalue weighted by Crippen LogP contribution is -2.29. The first kappa shape index (κ1) is 12.9. The van der Waals surface area contributed by atoms with E-state index >= 15 is 0 Å². The van der Waals surface area contributed by atoms with E-state index in [1.807, 2.05) is 0 Å². The van der Waals surface area contributed by atoms with Crippen molar-refractivity contribution in [3.63, 3.8) is 0 Å². The van der Waals surface area contributed by atoms with Gasteiger partial charge in [0.15, 0.2) is 0 Å². The summed E-state index contributed by atoms with van der Waals surface area (Å²) in [6.07, 6.45) is 3.29. The fourth-order valence-electron chi connectivity index (χ4n) is 1.33. The highest BCUT2D eigenvalue weighted by atomic mass is 32.2. The predicted molar refractivity (Wildman–Crippen MR) is 65.9 cm³/mol. The van der Waals surface area contributed by atoms with Gasteiger partial charge in [0.2, 0.25) is 0 Å². The van der Waals surface area contributed by atoms with Gasteiger partial charge < -0.3 is 0 Å². The van der Waals surface area contributed by atoms with Gasteiger partial charge in [-0.05, 0) is 32.2 Å². The maximum absolute atomic E-state index is 11.4. The molecule has 0 saturated carbocycles. The Balaban J connectivity index is 2.52. The van der Waals surface area contributed by atoms with Crippen LogP contribution in [0.4, 0.5) is 4.79 Å². The third-order valence-corrected chi connectivity index (χ3v) is 4.37. The molecular formula is C10H17NO2S2. The highest BCUT2D eigenvalue weighted by molar-refractivity contribution is 8.16. The molecule has 3 nitrogen and oxygen atoms in total. The van der Waals surface area contributed by atoms with Crippen LogP contribution in [0.15, 0.2) is 0 Å². The standard InChI is InChI=1S/C10H17NO2S2/c1-4-5-6-10(2,3)15-11-8(12)7-14-9(11)13/h4-7H2,1-3H3. The lowest BCUT2D eigenvalue weighted by molar-refractivity contribution is -0.120. The summed E-state index contributed by atoms with van der Waals surface area (Å²) in [5.74, 6) is 0.231. The minimum Gasteiger partial charge on any atom is -0.272 e. The second-order valence-corrected chi connectivity index (χ2v) is 6.78. The van der Waals surface area contributed by atoms with Gasteiger partial charge in [0.05, 0.1) is 5.75 Å². The van der Waals surface area contributed by atoms with E-state index in [-0.39, 0.29) is 15.9 Å². The molecule has 1 saturated heterocycles.